The van der Waals surface area contributed by atoms with E-state index in [0.29, 0.717) is 0 Å². The van der Waals surface area contributed by atoms with Crippen LogP contribution in [0.4, 0.5) is 0 Å². The van der Waals surface area contributed by atoms with Crippen LogP contribution in [0.15, 0.2) is 46.7 Å². The van der Waals surface area contributed by atoms with Crippen molar-refractivity contribution in [2.75, 3.05) is 0 Å². The summed E-state index contributed by atoms with van der Waals surface area (Å²) in [7, 11) is 0. The van der Waals surface area contributed by atoms with Crippen LogP contribution in [0.5, 0.6) is 0 Å². The molecule has 0 unspecified atom stereocenters. The van der Waals surface area contributed by atoms with Gasteiger partial charge in [0.15, 0.2) is 5.43 Å². The summed E-state index contributed by atoms with van der Waals surface area (Å²) in [4.78, 5) is 12.7. The molecule has 3 heteroatoms. The van der Waals surface area contributed by atoms with Gasteiger partial charge >= 0.3 is 0 Å². The first-order chi connectivity index (χ1) is 6.86. The fraction of sp³-hybridized carbons (Fsp3) is 0. The minimum atomic E-state index is 0.100. The predicted molar refractivity (Wildman–Crippen MR) is 59.1 cm³/mol. The van der Waals surface area contributed by atoms with Crippen molar-refractivity contribution < 1.29 is 0 Å². The third-order valence-corrected chi connectivity index (χ3v) is 3.13. The Hall–Kier alpha value is -1.61. The topological polar surface area (TPSA) is 21.5 Å². The second-order valence-electron chi connectivity index (χ2n) is 3.14. The van der Waals surface area contributed by atoms with Gasteiger partial charge in [-0.25, -0.2) is 0 Å². The molecule has 0 saturated carbocycles. The molecular formula is C11H7NOS. The highest BCUT2D eigenvalue weighted by atomic mass is 32.1. The molecule has 2 heterocycles. The Kier molecular flexibility index (Phi) is 1.49. The summed E-state index contributed by atoms with van der Waals surface area (Å²) in [5, 5.41) is 2.77. The number of nitrogens with zero attached hydrogens (tertiary/aromatic N) is 1. The maximum Gasteiger partial charge on any atom is 0.190 e. The molecule has 14 heavy (non-hydrogen) atoms. The number of hydrogen-bond donors (Lipinski definition) is 0. The second-order valence-corrected chi connectivity index (χ2v) is 4.06. The van der Waals surface area contributed by atoms with Crippen LogP contribution in [0.1, 0.15) is 0 Å². The lowest BCUT2D eigenvalue weighted by atomic mass is 10.2. The van der Waals surface area contributed by atoms with Crippen molar-refractivity contribution in [2.24, 2.45) is 0 Å². The summed E-state index contributed by atoms with van der Waals surface area (Å²) >= 11 is 1.58. The molecule has 0 aliphatic heterocycles. The average molecular weight is 201 g/mol. The summed E-state index contributed by atoms with van der Waals surface area (Å²) in [6.07, 6.45) is 1.99. The Balaban J connectivity index is 2.74. The fourth-order valence-corrected chi connectivity index (χ4v) is 2.45. The Morgan fingerprint density at radius 3 is 3.00 bits per heavy atom. The molecule has 3 aromatic rings. The molecule has 0 atom stereocenters. The van der Waals surface area contributed by atoms with E-state index in [9.17, 15) is 4.79 Å². The van der Waals surface area contributed by atoms with E-state index in [1.807, 2.05) is 40.2 Å². The number of hydrogen-bond acceptors (Lipinski definition) is 2. The lowest BCUT2D eigenvalue weighted by molar-refractivity contribution is 1.27. The molecule has 0 N–H and O–H groups in total. The molecule has 0 aliphatic rings. The van der Waals surface area contributed by atoms with Crippen LogP contribution < -0.4 is 5.43 Å². The summed E-state index contributed by atoms with van der Waals surface area (Å²) in [5.74, 6) is 0. The summed E-state index contributed by atoms with van der Waals surface area (Å²) in [5.41, 5.74) is 1.08. The average Bonchev–Trinajstić information content (AvgIpc) is 2.66. The summed E-state index contributed by atoms with van der Waals surface area (Å²) in [6, 6.07) is 9.36. The Morgan fingerprint density at radius 1 is 1.21 bits per heavy atom. The SMILES string of the molecule is O=c1cc2sccn2c2ccccc12. The Labute approximate surface area is 84.0 Å². The van der Waals surface area contributed by atoms with Crippen LogP contribution in [0, 0.1) is 0 Å². The van der Waals surface area contributed by atoms with Gasteiger partial charge in [0.25, 0.3) is 0 Å². The van der Waals surface area contributed by atoms with Gasteiger partial charge in [-0.05, 0) is 12.1 Å². The standard InChI is InChI=1S/C11H7NOS/c13-10-7-11-12(5-6-14-11)9-4-2-1-3-8(9)10/h1-7H. The predicted octanol–water partition coefficient (Wildman–Crippen LogP) is 2.51. The van der Waals surface area contributed by atoms with Gasteiger partial charge < -0.3 is 4.40 Å². The number of aromatic nitrogens is 1. The van der Waals surface area contributed by atoms with E-state index in [1.54, 1.807) is 17.4 Å². The monoisotopic (exact) mass is 201 g/mol. The van der Waals surface area contributed by atoms with E-state index in [0.717, 1.165) is 15.7 Å². The van der Waals surface area contributed by atoms with Crippen molar-refractivity contribution >= 4 is 27.1 Å². The highest BCUT2D eigenvalue weighted by molar-refractivity contribution is 7.15. The van der Waals surface area contributed by atoms with Gasteiger partial charge in [0, 0.05) is 23.0 Å². The van der Waals surface area contributed by atoms with E-state index < -0.39 is 0 Å². The molecule has 0 saturated heterocycles. The number of thiazole rings is 1. The highest BCUT2D eigenvalue weighted by Crippen LogP contribution is 2.16. The fourth-order valence-electron chi connectivity index (χ4n) is 1.68. The molecule has 0 fully saturated rings. The first kappa shape index (κ1) is 7.76. The number of para-hydroxylation sites is 1. The van der Waals surface area contributed by atoms with Crippen molar-refractivity contribution in [3.63, 3.8) is 0 Å². The molecular weight excluding hydrogens is 194 g/mol. The van der Waals surface area contributed by atoms with Crippen molar-refractivity contribution in [2.45, 2.75) is 0 Å². The smallest absolute Gasteiger partial charge is 0.190 e. The maximum absolute atomic E-state index is 11.7. The van der Waals surface area contributed by atoms with E-state index in [2.05, 4.69) is 0 Å². The number of pyridine rings is 1. The van der Waals surface area contributed by atoms with E-state index in [-0.39, 0.29) is 5.43 Å². The van der Waals surface area contributed by atoms with Gasteiger partial charge in [-0.3, -0.25) is 4.79 Å². The largest absolute Gasteiger partial charge is 0.307 e. The van der Waals surface area contributed by atoms with Gasteiger partial charge in [-0.2, -0.15) is 0 Å². The molecule has 1 aromatic carbocycles. The quantitative estimate of drug-likeness (QED) is 0.547. The summed E-state index contributed by atoms with van der Waals surface area (Å²) in [6.45, 7) is 0. The van der Waals surface area contributed by atoms with Crippen LogP contribution in [-0.4, -0.2) is 4.40 Å². The van der Waals surface area contributed by atoms with Crippen LogP contribution in [-0.2, 0) is 0 Å². The minimum Gasteiger partial charge on any atom is -0.307 e. The van der Waals surface area contributed by atoms with Gasteiger partial charge in [0.2, 0.25) is 0 Å². The maximum atomic E-state index is 11.7. The van der Waals surface area contributed by atoms with Crippen LogP contribution >= 0.6 is 11.3 Å². The Bertz CT molecular complexity index is 665. The van der Waals surface area contributed by atoms with Crippen LogP contribution in [0.2, 0.25) is 0 Å². The first-order valence-corrected chi connectivity index (χ1v) is 5.22. The minimum absolute atomic E-state index is 0.100. The zero-order chi connectivity index (χ0) is 9.54. The molecule has 0 aliphatic carbocycles. The third kappa shape index (κ3) is 0.930. The van der Waals surface area contributed by atoms with E-state index in [1.165, 1.54) is 0 Å². The van der Waals surface area contributed by atoms with Gasteiger partial charge in [0.05, 0.1) is 5.52 Å². The second kappa shape index (κ2) is 2.69. The molecule has 0 spiro atoms. The van der Waals surface area contributed by atoms with Crippen molar-refractivity contribution in [1.29, 1.82) is 0 Å². The van der Waals surface area contributed by atoms with Crippen molar-refractivity contribution in [1.82, 2.24) is 4.40 Å². The lowest BCUT2D eigenvalue weighted by Crippen LogP contribution is -2.01. The number of benzene rings is 1. The molecule has 2 nitrogen and oxygen atoms in total. The molecule has 0 radical (unpaired) electrons. The zero-order valence-corrected chi connectivity index (χ0v) is 8.12. The molecule has 0 amide bonds. The van der Waals surface area contributed by atoms with Crippen LogP contribution in [0.25, 0.3) is 15.7 Å². The van der Waals surface area contributed by atoms with Crippen molar-refractivity contribution in [3.05, 3.63) is 52.1 Å². The van der Waals surface area contributed by atoms with Gasteiger partial charge in [-0.15, -0.1) is 11.3 Å². The van der Waals surface area contributed by atoms with Crippen LogP contribution in [0.3, 0.4) is 0 Å². The van der Waals surface area contributed by atoms with Gasteiger partial charge in [-0.1, -0.05) is 12.1 Å². The first-order valence-electron chi connectivity index (χ1n) is 4.34. The van der Waals surface area contributed by atoms with E-state index >= 15 is 0 Å². The molecule has 0 bridgehead atoms. The summed E-state index contributed by atoms with van der Waals surface area (Å²) < 4.78 is 2.04. The number of rotatable bonds is 0. The molecule has 68 valence electrons. The zero-order valence-electron chi connectivity index (χ0n) is 7.31. The van der Waals surface area contributed by atoms with Gasteiger partial charge in [0.1, 0.15) is 4.83 Å². The Morgan fingerprint density at radius 2 is 2.07 bits per heavy atom. The van der Waals surface area contributed by atoms with Crippen molar-refractivity contribution in [3.8, 4) is 0 Å². The number of fused-ring (bicyclic) bond motifs is 3. The third-order valence-electron chi connectivity index (χ3n) is 2.32. The lowest BCUT2D eigenvalue weighted by Gasteiger charge is -1.99. The molecule has 2 aromatic heterocycles. The van der Waals surface area contributed by atoms with E-state index in [4.69, 9.17) is 0 Å². The highest BCUT2D eigenvalue weighted by Gasteiger charge is 2.02. The normalized spacial score (nSPS) is 11.1. The molecule has 3 rings (SSSR count).